The highest BCUT2D eigenvalue weighted by Gasteiger charge is 2.46. The van der Waals surface area contributed by atoms with Crippen LogP contribution in [0, 0.1) is 5.41 Å². The van der Waals surface area contributed by atoms with Crippen LogP contribution in [-0.4, -0.2) is 41.4 Å². The number of halogens is 6. The van der Waals surface area contributed by atoms with Gasteiger partial charge in [0.1, 0.15) is 0 Å². The Bertz CT molecular complexity index is 394. The van der Waals surface area contributed by atoms with Crippen molar-refractivity contribution in [1.29, 1.82) is 0 Å². The number of hydrogen-bond donors (Lipinski definition) is 0. The summed E-state index contributed by atoms with van der Waals surface area (Å²) in [5.74, 6) is 0.860. The fourth-order valence-electron chi connectivity index (χ4n) is 1.35. The first-order chi connectivity index (χ1) is 9.73. The summed E-state index contributed by atoms with van der Waals surface area (Å²) in [6, 6.07) is 0. The number of rotatable bonds is 5. The summed E-state index contributed by atoms with van der Waals surface area (Å²) >= 11 is 1.99. The molecule has 0 N–H and O–H groups in total. The third-order valence-corrected chi connectivity index (χ3v) is 9.53. The second-order valence-electron chi connectivity index (χ2n) is 5.41. The molecule has 1 fully saturated rings. The SMILES string of the molecule is CC1(C)CSC(P(=O)(OCC(F)(F)F)OCC(F)(F)F)SC1. The van der Waals surface area contributed by atoms with Gasteiger partial charge in [0.15, 0.2) is 17.5 Å². The minimum Gasteiger partial charge on any atom is -0.298 e. The second kappa shape index (κ2) is 7.13. The van der Waals surface area contributed by atoms with E-state index in [0.29, 0.717) is 11.5 Å². The van der Waals surface area contributed by atoms with Crippen LogP contribution in [0.1, 0.15) is 13.8 Å². The Morgan fingerprint density at radius 2 is 1.36 bits per heavy atom. The van der Waals surface area contributed by atoms with Crippen LogP contribution in [0.5, 0.6) is 0 Å². The van der Waals surface area contributed by atoms with Gasteiger partial charge in [-0.2, -0.15) is 26.3 Å². The molecule has 22 heavy (non-hydrogen) atoms. The van der Waals surface area contributed by atoms with E-state index in [2.05, 4.69) is 9.05 Å². The van der Waals surface area contributed by atoms with Crippen molar-refractivity contribution in [1.82, 2.24) is 0 Å². The van der Waals surface area contributed by atoms with Crippen LogP contribution in [0.3, 0.4) is 0 Å². The van der Waals surface area contributed by atoms with Gasteiger partial charge in [-0.3, -0.25) is 13.6 Å². The highest BCUT2D eigenvalue weighted by atomic mass is 32.2. The molecule has 0 saturated carbocycles. The minimum absolute atomic E-state index is 0.162. The van der Waals surface area contributed by atoms with Gasteiger partial charge in [0, 0.05) is 11.5 Å². The average Bonchev–Trinajstić information content (AvgIpc) is 2.32. The molecule has 0 unspecified atom stereocenters. The van der Waals surface area contributed by atoms with Crippen LogP contribution < -0.4 is 0 Å². The van der Waals surface area contributed by atoms with Crippen molar-refractivity contribution in [3.05, 3.63) is 0 Å². The second-order valence-corrected chi connectivity index (χ2v) is 10.7. The van der Waals surface area contributed by atoms with E-state index in [1.54, 1.807) is 0 Å². The van der Waals surface area contributed by atoms with Gasteiger partial charge in [-0.25, -0.2) is 0 Å². The molecular formula is C10H15F6O3PS2. The van der Waals surface area contributed by atoms with Crippen LogP contribution in [0.4, 0.5) is 26.3 Å². The largest absolute Gasteiger partial charge is 0.412 e. The van der Waals surface area contributed by atoms with E-state index in [1.165, 1.54) is 0 Å². The lowest BCUT2D eigenvalue weighted by Crippen LogP contribution is -2.28. The van der Waals surface area contributed by atoms with Gasteiger partial charge in [0.05, 0.1) is 0 Å². The average molecular weight is 392 g/mol. The number of hydrogen-bond acceptors (Lipinski definition) is 5. The molecule has 0 aromatic heterocycles. The van der Waals surface area contributed by atoms with Gasteiger partial charge >= 0.3 is 19.9 Å². The Morgan fingerprint density at radius 3 is 1.68 bits per heavy atom. The minimum atomic E-state index is -4.81. The predicted molar refractivity (Wildman–Crippen MR) is 74.1 cm³/mol. The Morgan fingerprint density at radius 1 is 1.00 bits per heavy atom. The van der Waals surface area contributed by atoms with Gasteiger partial charge in [0.25, 0.3) is 0 Å². The van der Waals surface area contributed by atoms with Crippen LogP contribution in [0.25, 0.3) is 0 Å². The molecule has 0 aromatic rings. The van der Waals surface area contributed by atoms with E-state index in [9.17, 15) is 30.9 Å². The fourth-order valence-corrected chi connectivity index (χ4v) is 7.27. The standard InChI is InChI=1S/C10H15F6O3PS2/c1-8(2)5-21-7(22-6-8)20(17,18-3-9(11,12)13)19-4-10(14,15)16/h7H,3-6H2,1-2H3. The smallest absolute Gasteiger partial charge is 0.298 e. The van der Waals surface area contributed by atoms with Gasteiger partial charge < -0.3 is 0 Å². The quantitative estimate of drug-likeness (QED) is 0.479. The van der Waals surface area contributed by atoms with Crippen molar-refractivity contribution in [3.8, 4) is 0 Å². The summed E-state index contributed by atoms with van der Waals surface area (Å²) in [5, 5.41) is 0. The van der Waals surface area contributed by atoms with E-state index >= 15 is 0 Å². The topological polar surface area (TPSA) is 35.5 Å². The van der Waals surface area contributed by atoms with Gasteiger partial charge in [0.2, 0.25) is 0 Å². The maximum atomic E-state index is 12.4. The molecule has 1 saturated heterocycles. The zero-order chi connectivity index (χ0) is 17.2. The highest BCUT2D eigenvalue weighted by molar-refractivity contribution is 8.24. The summed E-state index contributed by atoms with van der Waals surface area (Å²) in [4.78, 5) is 0. The van der Waals surface area contributed by atoms with E-state index in [-0.39, 0.29) is 5.41 Å². The van der Waals surface area contributed by atoms with Crippen molar-refractivity contribution in [2.45, 2.75) is 30.5 Å². The van der Waals surface area contributed by atoms with Crippen molar-refractivity contribution >= 4 is 31.1 Å². The Balaban J connectivity index is 2.79. The first-order valence-corrected chi connectivity index (χ1v) is 9.69. The molecule has 132 valence electrons. The zero-order valence-corrected chi connectivity index (χ0v) is 14.2. The molecule has 0 aromatic carbocycles. The molecule has 1 heterocycles. The molecule has 0 bridgehead atoms. The highest BCUT2D eigenvalue weighted by Crippen LogP contribution is 2.64. The van der Waals surface area contributed by atoms with E-state index in [0.717, 1.165) is 23.5 Å². The Labute approximate surface area is 132 Å². The molecule has 1 rings (SSSR count). The Kier molecular flexibility index (Phi) is 6.63. The third kappa shape index (κ3) is 7.33. The van der Waals surface area contributed by atoms with Crippen molar-refractivity contribution in [2.75, 3.05) is 24.7 Å². The van der Waals surface area contributed by atoms with E-state index in [1.807, 2.05) is 13.8 Å². The fraction of sp³-hybridized carbons (Fsp3) is 1.00. The molecule has 0 aliphatic carbocycles. The summed E-state index contributed by atoms with van der Waals surface area (Å²) in [7, 11) is -4.56. The molecule has 1 aliphatic rings. The van der Waals surface area contributed by atoms with Crippen LogP contribution in [0.15, 0.2) is 0 Å². The van der Waals surface area contributed by atoms with Crippen molar-refractivity contribution in [3.63, 3.8) is 0 Å². The first kappa shape index (κ1) is 20.5. The number of alkyl halides is 6. The van der Waals surface area contributed by atoms with Crippen LogP contribution in [0.2, 0.25) is 0 Å². The molecule has 1 aliphatic heterocycles. The van der Waals surface area contributed by atoms with Gasteiger partial charge in [-0.1, -0.05) is 13.8 Å². The molecule has 0 radical (unpaired) electrons. The molecule has 3 nitrogen and oxygen atoms in total. The summed E-state index contributed by atoms with van der Waals surface area (Å²) in [6.07, 6.45) is -9.61. The van der Waals surface area contributed by atoms with Gasteiger partial charge in [-0.15, -0.1) is 23.5 Å². The third-order valence-electron chi connectivity index (χ3n) is 2.31. The lowest BCUT2D eigenvalue weighted by atomic mass is 10.0. The Hall–Kier alpha value is 0.430. The zero-order valence-electron chi connectivity index (χ0n) is 11.7. The van der Waals surface area contributed by atoms with Gasteiger partial charge in [-0.05, 0) is 5.41 Å². The molecule has 12 heteroatoms. The maximum absolute atomic E-state index is 12.4. The lowest BCUT2D eigenvalue weighted by molar-refractivity contribution is -0.165. The van der Waals surface area contributed by atoms with E-state index < -0.39 is 37.5 Å². The first-order valence-electron chi connectivity index (χ1n) is 5.98. The maximum Gasteiger partial charge on any atom is 0.412 e. The number of thioether (sulfide) groups is 2. The molecular weight excluding hydrogens is 377 g/mol. The summed E-state index contributed by atoms with van der Waals surface area (Å²) in [5.41, 5.74) is -0.162. The van der Waals surface area contributed by atoms with E-state index in [4.69, 9.17) is 0 Å². The molecule has 0 spiro atoms. The van der Waals surface area contributed by atoms with Crippen molar-refractivity contribution < 1.29 is 40.0 Å². The van der Waals surface area contributed by atoms with Crippen molar-refractivity contribution in [2.24, 2.45) is 5.41 Å². The predicted octanol–water partition coefficient (Wildman–Crippen LogP) is 5.13. The molecule has 0 atom stereocenters. The van der Waals surface area contributed by atoms with Crippen LogP contribution >= 0.6 is 31.1 Å². The lowest BCUT2D eigenvalue weighted by Gasteiger charge is -2.36. The normalized spacial score (nSPS) is 21.1. The van der Waals surface area contributed by atoms with Crippen LogP contribution in [-0.2, 0) is 13.6 Å². The monoisotopic (exact) mass is 392 g/mol. The summed E-state index contributed by atoms with van der Waals surface area (Å²) < 4.78 is 93.1. The summed E-state index contributed by atoms with van der Waals surface area (Å²) in [6.45, 7) is -0.0468. The molecule has 0 amide bonds.